The van der Waals surface area contributed by atoms with E-state index in [0.717, 1.165) is 25.7 Å². The van der Waals surface area contributed by atoms with Crippen LogP contribution < -0.4 is 5.32 Å². The van der Waals surface area contributed by atoms with Crippen LogP contribution in [-0.4, -0.2) is 36.4 Å². The summed E-state index contributed by atoms with van der Waals surface area (Å²) < 4.78 is 5.15. The van der Waals surface area contributed by atoms with Gasteiger partial charge in [-0.2, -0.15) is 0 Å². The molecule has 0 atom stereocenters. The highest BCUT2D eigenvalue weighted by atomic mass is 16.5. The van der Waals surface area contributed by atoms with Gasteiger partial charge < -0.3 is 15.2 Å². The van der Waals surface area contributed by atoms with Crippen molar-refractivity contribution < 1.29 is 14.6 Å². The van der Waals surface area contributed by atoms with Gasteiger partial charge in [0.2, 0.25) is 5.91 Å². The first-order valence-corrected chi connectivity index (χ1v) is 5.72. The molecule has 0 bridgehead atoms. The van der Waals surface area contributed by atoms with E-state index >= 15 is 0 Å². The van der Waals surface area contributed by atoms with Gasteiger partial charge in [0.1, 0.15) is 0 Å². The average Bonchev–Trinajstić information content (AvgIpc) is 2.18. The van der Waals surface area contributed by atoms with Gasteiger partial charge in [-0.05, 0) is 32.6 Å². The number of carbonyl (C=O) groups is 1. The number of rotatable bonds is 7. The van der Waals surface area contributed by atoms with Gasteiger partial charge >= 0.3 is 0 Å². The molecule has 0 aromatic rings. The van der Waals surface area contributed by atoms with Gasteiger partial charge in [0, 0.05) is 19.6 Å². The minimum absolute atomic E-state index is 0.0310. The molecule has 1 aliphatic rings. The Labute approximate surface area is 91.0 Å². The molecule has 15 heavy (non-hydrogen) atoms. The first-order chi connectivity index (χ1) is 7.22. The van der Waals surface area contributed by atoms with E-state index in [4.69, 9.17) is 9.84 Å². The number of hydrogen-bond acceptors (Lipinski definition) is 3. The maximum Gasteiger partial charge on any atom is 0.220 e. The third-order valence-corrected chi connectivity index (χ3v) is 2.91. The van der Waals surface area contributed by atoms with Crippen molar-refractivity contribution in [3.8, 4) is 0 Å². The molecule has 0 heterocycles. The quantitative estimate of drug-likeness (QED) is 0.619. The van der Waals surface area contributed by atoms with E-state index in [2.05, 4.69) is 5.32 Å². The molecule has 4 nitrogen and oxygen atoms in total. The van der Waals surface area contributed by atoms with Crippen LogP contribution in [-0.2, 0) is 9.53 Å². The average molecular weight is 215 g/mol. The summed E-state index contributed by atoms with van der Waals surface area (Å²) in [6.07, 6.45) is 4.14. The molecule has 0 aromatic heterocycles. The highest BCUT2D eigenvalue weighted by Crippen LogP contribution is 2.31. The number of nitrogens with one attached hydrogen (secondary N) is 1. The zero-order valence-corrected chi connectivity index (χ0v) is 9.42. The number of aliphatic hydroxyl groups is 1. The molecule has 0 aromatic carbocycles. The summed E-state index contributed by atoms with van der Waals surface area (Å²) in [5.41, 5.74) is -0.303. The normalized spacial score (nSPS) is 18.3. The lowest BCUT2D eigenvalue weighted by Gasteiger charge is -2.41. The number of amides is 1. The Balaban J connectivity index is 2.12. The molecule has 0 radical (unpaired) electrons. The molecule has 2 N–H and O–H groups in total. The second-order valence-electron chi connectivity index (χ2n) is 4.14. The van der Waals surface area contributed by atoms with Crippen LogP contribution in [0.3, 0.4) is 0 Å². The molecule has 1 amide bonds. The second kappa shape index (κ2) is 6.08. The van der Waals surface area contributed by atoms with Crippen LogP contribution in [0.5, 0.6) is 0 Å². The van der Waals surface area contributed by atoms with Crippen molar-refractivity contribution in [2.75, 3.05) is 19.8 Å². The van der Waals surface area contributed by atoms with Gasteiger partial charge in [0.25, 0.3) is 0 Å². The summed E-state index contributed by atoms with van der Waals surface area (Å²) >= 11 is 0. The van der Waals surface area contributed by atoms with Gasteiger partial charge in [0.15, 0.2) is 0 Å². The highest BCUT2D eigenvalue weighted by Gasteiger charge is 2.37. The monoisotopic (exact) mass is 215 g/mol. The van der Waals surface area contributed by atoms with E-state index in [-0.39, 0.29) is 18.1 Å². The number of aliphatic hydroxyl groups excluding tert-OH is 1. The van der Waals surface area contributed by atoms with Crippen molar-refractivity contribution in [1.29, 1.82) is 0 Å². The summed E-state index contributed by atoms with van der Waals surface area (Å²) in [5.74, 6) is 0.0310. The van der Waals surface area contributed by atoms with E-state index in [1.807, 2.05) is 6.92 Å². The van der Waals surface area contributed by atoms with Gasteiger partial charge in [-0.1, -0.05) is 0 Å². The van der Waals surface area contributed by atoms with Crippen molar-refractivity contribution in [2.45, 2.75) is 44.6 Å². The third-order valence-electron chi connectivity index (χ3n) is 2.91. The molecule has 88 valence electrons. The molecule has 0 spiro atoms. The molecule has 1 aliphatic carbocycles. The van der Waals surface area contributed by atoms with Crippen molar-refractivity contribution in [1.82, 2.24) is 5.32 Å². The highest BCUT2D eigenvalue weighted by molar-refractivity contribution is 5.76. The van der Waals surface area contributed by atoms with E-state index in [1.165, 1.54) is 0 Å². The fraction of sp³-hybridized carbons (Fsp3) is 0.909. The van der Waals surface area contributed by atoms with Crippen molar-refractivity contribution in [2.24, 2.45) is 0 Å². The molecule has 0 unspecified atom stereocenters. The Kier molecular flexibility index (Phi) is 5.05. The van der Waals surface area contributed by atoms with Crippen LogP contribution in [0.15, 0.2) is 0 Å². The Morgan fingerprint density at radius 3 is 2.73 bits per heavy atom. The van der Waals surface area contributed by atoms with Crippen LogP contribution in [0, 0.1) is 0 Å². The summed E-state index contributed by atoms with van der Waals surface area (Å²) in [6.45, 7) is 3.33. The predicted octanol–water partition coefficient (Wildman–Crippen LogP) is 0.834. The van der Waals surface area contributed by atoms with Crippen LogP contribution in [0.25, 0.3) is 0 Å². The van der Waals surface area contributed by atoms with Crippen LogP contribution in [0.1, 0.15) is 39.0 Å². The molecule has 1 rings (SSSR count). The van der Waals surface area contributed by atoms with Crippen LogP contribution in [0.4, 0.5) is 0 Å². The van der Waals surface area contributed by atoms with Gasteiger partial charge in [-0.3, -0.25) is 4.79 Å². The SMILES string of the molecule is CCOCCCC(=O)NC1(CO)CCC1. The van der Waals surface area contributed by atoms with Crippen molar-refractivity contribution in [3.05, 3.63) is 0 Å². The smallest absolute Gasteiger partial charge is 0.220 e. The molecule has 4 heteroatoms. The summed E-state index contributed by atoms with van der Waals surface area (Å²) in [7, 11) is 0. The summed E-state index contributed by atoms with van der Waals surface area (Å²) in [6, 6.07) is 0. The first-order valence-electron chi connectivity index (χ1n) is 5.72. The maximum absolute atomic E-state index is 11.5. The zero-order chi connectivity index (χ0) is 11.1. The molecule has 0 aliphatic heterocycles. The summed E-state index contributed by atoms with van der Waals surface area (Å²) in [5, 5.41) is 12.1. The fourth-order valence-corrected chi connectivity index (χ4v) is 1.76. The van der Waals surface area contributed by atoms with Crippen LogP contribution >= 0.6 is 0 Å². The van der Waals surface area contributed by atoms with Crippen LogP contribution in [0.2, 0.25) is 0 Å². The van der Waals surface area contributed by atoms with E-state index < -0.39 is 0 Å². The lowest BCUT2D eigenvalue weighted by molar-refractivity contribution is -0.125. The van der Waals surface area contributed by atoms with E-state index in [0.29, 0.717) is 19.6 Å². The molecular weight excluding hydrogens is 194 g/mol. The minimum atomic E-state index is -0.303. The largest absolute Gasteiger partial charge is 0.394 e. The standard InChI is InChI=1S/C11H21NO3/c1-2-15-8-3-5-10(14)12-11(9-13)6-4-7-11/h13H,2-9H2,1H3,(H,12,14). The third kappa shape index (κ3) is 3.80. The second-order valence-corrected chi connectivity index (χ2v) is 4.14. The topological polar surface area (TPSA) is 58.6 Å². The predicted molar refractivity (Wildman–Crippen MR) is 57.5 cm³/mol. The Morgan fingerprint density at radius 1 is 1.53 bits per heavy atom. The first kappa shape index (κ1) is 12.5. The zero-order valence-electron chi connectivity index (χ0n) is 9.42. The van der Waals surface area contributed by atoms with Gasteiger partial charge in [-0.15, -0.1) is 0 Å². The molecular formula is C11H21NO3. The minimum Gasteiger partial charge on any atom is -0.394 e. The Bertz CT molecular complexity index is 196. The van der Waals surface area contributed by atoms with E-state index in [9.17, 15) is 4.79 Å². The molecule has 1 saturated carbocycles. The maximum atomic E-state index is 11.5. The van der Waals surface area contributed by atoms with Gasteiger partial charge in [-0.25, -0.2) is 0 Å². The molecule has 0 saturated heterocycles. The number of ether oxygens (including phenoxy) is 1. The summed E-state index contributed by atoms with van der Waals surface area (Å²) in [4.78, 5) is 11.5. The van der Waals surface area contributed by atoms with Crippen molar-refractivity contribution >= 4 is 5.91 Å². The number of hydrogen-bond donors (Lipinski definition) is 2. The Hall–Kier alpha value is -0.610. The van der Waals surface area contributed by atoms with Crippen molar-refractivity contribution in [3.63, 3.8) is 0 Å². The number of carbonyl (C=O) groups excluding carboxylic acids is 1. The Morgan fingerprint density at radius 2 is 2.27 bits per heavy atom. The molecule has 1 fully saturated rings. The lowest BCUT2D eigenvalue weighted by atomic mass is 9.77. The lowest BCUT2D eigenvalue weighted by Crippen LogP contribution is -2.56. The van der Waals surface area contributed by atoms with E-state index in [1.54, 1.807) is 0 Å². The fourth-order valence-electron chi connectivity index (χ4n) is 1.76. The van der Waals surface area contributed by atoms with Gasteiger partial charge in [0.05, 0.1) is 12.1 Å².